The standard InChI is InChI=1S/C12H21N3O4/c1-19-9-7-10(11(16)17)15(8-9)12(18)14-5-2-3-13-4-6-14/h9-10,13H,2-8H2,1H3,(H,16,17). The third-order valence-electron chi connectivity index (χ3n) is 3.74. The number of carboxylic acid groups (broad SMARTS) is 1. The molecule has 2 N–H and O–H groups in total. The Labute approximate surface area is 112 Å². The molecule has 0 aliphatic carbocycles. The van der Waals surface area contributed by atoms with Crippen molar-refractivity contribution >= 4 is 12.0 Å². The number of hydrogen-bond acceptors (Lipinski definition) is 4. The summed E-state index contributed by atoms with van der Waals surface area (Å²) in [5, 5.41) is 12.4. The molecule has 2 fully saturated rings. The highest BCUT2D eigenvalue weighted by Gasteiger charge is 2.41. The van der Waals surface area contributed by atoms with Gasteiger partial charge in [0.2, 0.25) is 0 Å². The van der Waals surface area contributed by atoms with Crippen molar-refractivity contribution in [2.75, 3.05) is 39.8 Å². The number of urea groups is 1. The fourth-order valence-corrected chi connectivity index (χ4v) is 2.63. The first-order valence-corrected chi connectivity index (χ1v) is 6.65. The maximum Gasteiger partial charge on any atom is 0.326 e. The molecule has 108 valence electrons. The van der Waals surface area contributed by atoms with Crippen LogP contribution in [0.3, 0.4) is 0 Å². The Balaban J connectivity index is 2.05. The van der Waals surface area contributed by atoms with Crippen molar-refractivity contribution in [1.82, 2.24) is 15.1 Å². The zero-order valence-electron chi connectivity index (χ0n) is 11.2. The fraction of sp³-hybridized carbons (Fsp3) is 0.833. The van der Waals surface area contributed by atoms with Gasteiger partial charge in [0.25, 0.3) is 0 Å². The van der Waals surface area contributed by atoms with Gasteiger partial charge in [0.1, 0.15) is 6.04 Å². The number of aliphatic carboxylic acids is 1. The lowest BCUT2D eigenvalue weighted by Gasteiger charge is -2.29. The predicted molar refractivity (Wildman–Crippen MR) is 68.0 cm³/mol. The number of carbonyl (C=O) groups excluding carboxylic acids is 1. The molecule has 0 spiro atoms. The molecule has 2 aliphatic heterocycles. The predicted octanol–water partition coefficient (Wildman–Crippen LogP) is -0.424. The summed E-state index contributed by atoms with van der Waals surface area (Å²) in [5.74, 6) is -0.958. The average Bonchev–Trinajstić information content (AvgIpc) is 2.65. The van der Waals surface area contributed by atoms with Crippen LogP contribution in [-0.2, 0) is 9.53 Å². The number of likely N-dealkylation sites (tertiary alicyclic amines) is 1. The lowest BCUT2D eigenvalue weighted by Crippen LogP contribution is -2.49. The Morgan fingerprint density at radius 2 is 2.11 bits per heavy atom. The largest absolute Gasteiger partial charge is 0.480 e. The van der Waals surface area contributed by atoms with Crippen molar-refractivity contribution in [2.24, 2.45) is 0 Å². The summed E-state index contributed by atoms with van der Waals surface area (Å²) in [7, 11) is 1.55. The fourth-order valence-electron chi connectivity index (χ4n) is 2.63. The van der Waals surface area contributed by atoms with Gasteiger partial charge in [-0.3, -0.25) is 0 Å². The third-order valence-corrected chi connectivity index (χ3v) is 3.74. The number of nitrogens with zero attached hydrogens (tertiary/aromatic N) is 2. The van der Waals surface area contributed by atoms with E-state index in [0.717, 1.165) is 19.5 Å². The van der Waals surface area contributed by atoms with E-state index in [9.17, 15) is 14.7 Å². The molecule has 2 rings (SSSR count). The molecule has 0 bridgehead atoms. The molecule has 2 saturated heterocycles. The first kappa shape index (κ1) is 14.1. The minimum atomic E-state index is -0.958. The van der Waals surface area contributed by atoms with Gasteiger partial charge in [-0.15, -0.1) is 0 Å². The normalized spacial score (nSPS) is 28.3. The van der Waals surface area contributed by atoms with E-state index < -0.39 is 12.0 Å². The Morgan fingerprint density at radius 1 is 1.32 bits per heavy atom. The quantitative estimate of drug-likeness (QED) is 0.712. The zero-order valence-corrected chi connectivity index (χ0v) is 11.2. The van der Waals surface area contributed by atoms with E-state index in [1.54, 1.807) is 12.0 Å². The highest BCUT2D eigenvalue weighted by molar-refractivity contribution is 5.83. The van der Waals surface area contributed by atoms with Gasteiger partial charge in [0.15, 0.2) is 0 Å². The summed E-state index contributed by atoms with van der Waals surface area (Å²) in [4.78, 5) is 26.8. The van der Waals surface area contributed by atoms with E-state index in [1.165, 1.54) is 4.90 Å². The van der Waals surface area contributed by atoms with Crippen molar-refractivity contribution in [3.05, 3.63) is 0 Å². The minimum absolute atomic E-state index is 0.185. The molecule has 19 heavy (non-hydrogen) atoms. The summed E-state index contributed by atoms with van der Waals surface area (Å²) >= 11 is 0. The molecule has 2 aliphatic rings. The SMILES string of the molecule is COC1CC(C(=O)O)N(C(=O)N2CCCNCC2)C1. The molecule has 0 aromatic heterocycles. The third kappa shape index (κ3) is 3.16. The molecule has 7 nitrogen and oxygen atoms in total. The monoisotopic (exact) mass is 271 g/mol. The number of ether oxygens (including phenoxy) is 1. The molecule has 0 saturated carbocycles. The van der Waals surface area contributed by atoms with E-state index in [-0.39, 0.29) is 12.1 Å². The van der Waals surface area contributed by atoms with E-state index >= 15 is 0 Å². The van der Waals surface area contributed by atoms with Crippen LogP contribution in [0.5, 0.6) is 0 Å². The summed E-state index contributed by atoms with van der Waals surface area (Å²) in [6, 6.07) is -0.954. The second-order valence-corrected chi connectivity index (χ2v) is 4.97. The number of nitrogens with one attached hydrogen (secondary N) is 1. The number of carboxylic acids is 1. The van der Waals surface area contributed by atoms with Crippen LogP contribution in [0.15, 0.2) is 0 Å². The maximum atomic E-state index is 12.4. The van der Waals surface area contributed by atoms with Crippen LogP contribution in [0.2, 0.25) is 0 Å². The Hall–Kier alpha value is -1.34. The van der Waals surface area contributed by atoms with Crippen LogP contribution >= 0.6 is 0 Å². The van der Waals surface area contributed by atoms with Crippen molar-refractivity contribution < 1.29 is 19.4 Å². The second kappa shape index (κ2) is 6.21. The minimum Gasteiger partial charge on any atom is -0.480 e. The van der Waals surface area contributed by atoms with Crippen molar-refractivity contribution in [1.29, 1.82) is 0 Å². The topological polar surface area (TPSA) is 82.1 Å². The summed E-state index contributed by atoms with van der Waals surface area (Å²) < 4.78 is 5.20. The van der Waals surface area contributed by atoms with E-state index in [2.05, 4.69) is 5.32 Å². The molecular weight excluding hydrogens is 250 g/mol. The van der Waals surface area contributed by atoms with E-state index in [0.29, 0.717) is 26.1 Å². The number of methoxy groups -OCH3 is 1. The highest BCUT2D eigenvalue weighted by Crippen LogP contribution is 2.22. The van der Waals surface area contributed by atoms with Crippen LogP contribution < -0.4 is 5.32 Å². The van der Waals surface area contributed by atoms with Gasteiger partial charge in [0.05, 0.1) is 6.10 Å². The lowest BCUT2D eigenvalue weighted by molar-refractivity contribution is -0.141. The lowest BCUT2D eigenvalue weighted by atomic mass is 10.2. The first-order chi connectivity index (χ1) is 9.13. The van der Waals surface area contributed by atoms with Crippen LogP contribution in [-0.4, -0.2) is 78.9 Å². The van der Waals surface area contributed by atoms with Gasteiger partial charge >= 0.3 is 12.0 Å². The maximum absolute atomic E-state index is 12.4. The number of rotatable bonds is 2. The van der Waals surface area contributed by atoms with Gasteiger partial charge in [0, 0.05) is 39.7 Å². The highest BCUT2D eigenvalue weighted by atomic mass is 16.5. The van der Waals surface area contributed by atoms with Gasteiger partial charge in [-0.25, -0.2) is 9.59 Å². The van der Waals surface area contributed by atoms with Crippen molar-refractivity contribution in [3.63, 3.8) is 0 Å². The van der Waals surface area contributed by atoms with Crippen LogP contribution in [0.25, 0.3) is 0 Å². The van der Waals surface area contributed by atoms with Crippen molar-refractivity contribution in [3.8, 4) is 0 Å². The van der Waals surface area contributed by atoms with Gasteiger partial charge < -0.3 is 25.0 Å². The molecule has 0 aromatic carbocycles. The Bertz CT molecular complexity index is 342. The average molecular weight is 271 g/mol. The molecule has 2 amide bonds. The van der Waals surface area contributed by atoms with E-state index in [1.807, 2.05) is 0 Å². The van der Waals surface area contributed by atoms with Gasteiger partial charge in [-0.05, 0) is 13.0 Å². The molecule has 0 aromatic rings. The molecular formula is C12H21N3O4. The Kier molecular flexibility index (Phi) is 4.60. The first-order valence-electron chi connectivity index (χ1n) is 6.65. The van der Waals surface area contributed by atoms with Gasteiger partial charge in [-0.2, -0.15) is 0 Å². The zero-order chi connectivity index (χ0) is 13.8. The van der Waals surface area contributed by atoms with Crippen LogP contribution in [0.4, 0.5) is 4.79 Å². The molecule has 7 heteroatoms. The number of hydrogen-bond donors (Lipinski definition) is 2. The molecule has 2 heterocycles. The molecule has 0 radical (unpaired) electrons. The number of carbonyl (C=O) groups is 2. The molecule has 2 atom stereocenters. The summed E-state index contributed by atoms with van der Waals surface area (Å²) in [6.07, 6.45) is 1.07. The summed E-state index contributed by atoms with van der Waals surface area (Å²) in [6.45, 7) is 3.31. The molecule has 2 unspecified atom stereocenters. The number of amides is 2. The van der Waals surface area contributed by atoms with Crippen molar-refractivity contribution in [2.45, 2.75) is 25.0 Å². The summed E-state index contributed by atoms with van der Waals surface area (Å²) in [5.41, 5.74) is 0. The van der Waals surface area contributed by atoms with Crippen LogP contribution in [0.1, 0.15) is 12.8 Å². The van der Waals surface area contributed by atoms with E-state index in [4.69, 9.17) is 4.74 Å². The second-order valence-electron chi connectivity index (χ2n) is 4.97. The smallest absolute Gasteiger partial charge is 0.326 e. The van der Waals surface area contributed by atoms with Crippen LogP contribution in [0, 0.1) is 0 Å². The van der Waals surface area contributed by atoms with Gasteiger partial charge in [-0.1, -0.05) is 0 Å². The Morgan fingerprint density at radius 3 is 2.79 bits per heavy atom.